The van der Waals surface area contributed by atoms with Crippen LogP contribution in [0.1, 0.15) is 23.9 Å². The zero-order valence-corrected chi connectivity index (χ0v) is 20.7. The van der Waals surface area contributed by atoms with Gasteiger partial charge in [0.15, 0.2) is 16.6 Å². The van der Waals surface area contributed by atoms with Crippen LogP contribution >= 0.6 is 23.1 Å². The van der Waals surface area contributed by atoms with Crippen molar-refractivity contribution in [1.29, 1.82) is 0 Å². The number of ether oxygens (including phenoxy) is 1. The van der Waals surface area contributed by atoms with Crippen LogP contribution in [0.3, 0.4) is 0 Å². The molecule has 35 heavy (non-hydrogen) atoms. The van der Waals surface area contributed by atoms with E-state index in [1.165, 1.54) is 33.7 Å². The van der Waals surface area contributed by atoms with Crippen molar-refractivity contribution < 1.29 is 14.1 Å². The second kappa shape index (κ2) is 9.93. The van der Waals surface area contributed by atoms with Crippen LogP contribution in [0.2, 0.25) is 0 Å². The number of hydrogen-bond donors (Lipinski definition) is 1. The number of nitrogens with one attached hydrogen (secondary N) is 1. The van der Waals surface area contributed by atoms with Crippen LogP contribution in [0, 0.1) is 6.92 Å². The van der Waals surface area contributed by atoms with Crippen molar-refractivity contribution in [2.45, 2.75) is 30.4 Å². The lowest BCUT2D eigenvalue weighted by atomic mass is 10.1. The van der Waals surface area contributed by atoms with Crippen molar-refractivity contribution in [3.05, 3.63) is 82.0 Å². The first-order chi connectivity index (χ1) is 17.0. The number of aryl methyl sites for hydroxylation is 2. The molecule has 0 spiro atoms. The predicted molar refractivity (Wildman–Crippen MR) is 138 cm³/mol. The van der Waals surface area contributed by atoms with E-state index in [0.29, 0.717) is 28.5 Å². The van der Waals surface area contributed by atoms with Gasteiger partial charge in [-0.1, -0.05) is 36.9 Å². The molecule has 0 unspecified atom stereocenters. The molecular formula is C25H22N4O4S2. The Hall–Kier alpha value is -3.63. The van der Waals surface area contributed by atoms with Gasteiger partial charge in [-0.2, -0.15) is 0 Å². The lowest BCUT2D eigenvalue weighted by molar-refractivity contribution is -0.118. The molecule has 0 radical (unpaired) electrons. The summed E-state index contributed by atoms with van der Waals surface area (Å²) < 4.78 is 14.0. The van der Waals surface area contributed by atoms with Gasteiger partial charge in [0.05, 0.1) is 15.9 Å². The monoisotopic (exact) mass is 506 g/mol. The third-order valence-corrected chi connectivity index (χ3v) is 7.43. The maximum absolute atomic E-state index is 12.4. The van der Waals surface area contributed by atoms with Gasteiger partial charge in [0, 0.05) is 23.6 Å². The van der Waals surface area contributed by atoms with E-state index in [0.717, 1.165) is 32.3 Å². The number of thiazole rings is 1. The fourth-order valence-electron chi connectivity index (χ4n) is 3.60. The number of thioether (sulfide) groups is 1. The molecule has 0 saturated heterocycles. The number of nitrogens with zero attached hydrogens (tertiary/aromatic N) is 3. The van der Waals surface area contributed by atoms with Gasteiger partial charge in [-0.05, 0) is 43.2 Å². The number of fused-ring (bicyclic) bond motifs is 2. The van der Waals surface area contributed by atoms with Gasteiger partial charge in [-0.3, -0.25) is 9.59 Å². The maximum Gasteiger partial charge on any atom is 0.287 e. The van der Waals surface area contributed by atoms with Crippen LogP contribution in [-0.2, 0) is 17.0 Å². The normalized spacial score (nSPS) is 11.3. The zero-order valence-electron chi connectivity index (χ0n) is 19.1. The molecule has 5 rings (SSSR count). The van der Waals surface area contributed by atoms with E-state index in [9.17, 15) is 9.59 Å². The number of carbonyl (C=O) groups is 1. The molecule has 2 aromatic carbocycles. The molecule has 0 aliphatic heterocycles. The first-order valence-corrected chi connectivity index (χ1v) is 12.8. The van der Waals surface area contributed by atoms with Gasteiger partial charge in [0.25, 0.3) is 11.5 Å². The summed E-state index contributed by atoms with van der Waals surface area (Å²) in [6.07, 6.45) is 0.838. The maximum atomic E-state index is 12.4. The molecule has 0 aliphatic carbocycles. The highest BCUT2D eigenvalue weighted by atomic mass is 32.2. The first-order valence-electron chi connectivity index (χ1n) is 11.0. The smallest absolute Gasteiger partial charge is 0.287 e. The lowest BCUT2D eigenvalue weighted by Gasteiger charge is -2.10. The molecule has 0 aliphatic rings. The van der Waals surface area contributed by atoms with Gasteiger partial charge in [0.2, 0.25) is 0 Å². The molecule has 0 fully saturated rings. The Labute approximate surface area is 208 Å². The summed E-state index contributed by atoms with van der Waals surface area (Å²) in [6, 6.07) is 16.5. The average molecular weight is 507 g/mol. The largest absolute Gasteiger partial charge is 0.483 e. The number of rotatable bonds is 8. The average Bonchev–Trinajstić information content (AvgIpc) is 3.44. The molecule has 1 amide bonds. The van der Waals surface area contributed by atoms with Crippen LogP contribution in [-0.4, -0.2) is 27.1 Å². The number of benzene rings is 2. The van der Waals surface area contributed by atoms with Crippen LogP contribution < -0.4 is 15.6 Å². The lowest BCUT2D eigenvalue weighted by Crippen LogP contribution is -2.20. The Morgan fingerprint density at radius 1 is 1.17 bits per heavy atom. The van der Waals surface area contributed by atoms with Crippen LogP contribution in [0.15, 0.2) is 68.3 Å². The van der Waals surface area contributed by atoms with Crippen molar-refractivity contribution in [1.82, 2.24) is 14.5 Å². The Morgan fingerprint density at radius 2 is 2.03 bits per heavy atom. The molecule has 5 aromatic rings. The summed E-state index contributed by atoms with van der Waals surface area (Å²) in [5.41, 5.74) is 3.51. The van der Waals surface area contributed by atoms with Gasteiger partial charge < -0.3 is 14.6 Å². The van der Waals surface area contributed by atoms with Crippen molar-refractivity contribution in [2.24, 2.45) is 0 Å². The van der Waals surface area contributed by atoms with E-state index in [1.807, 2.05) is 42.5 Å². The highest BCUT2D eigenvalue weighted by molar-refractivity contribution is 8.00. The topological polar surface area (TPSA) is 98.7 Å². The standard InChI is InChI=1S/C25H22N4O4S2/c1-3-16-6-4-5-7-20(16)32-13-23(30)27-17-8-9-19-21(11-17)35-25(28-19)34-14-18-12-24(31)29-22(26-18)10-15(2)33-29/h4-12H,3,13-14H2,1-2H3,(H,27,30). The fourth-order valence-corrected chi connectivity index (χ4v) is 5.60. The highest BCUT2D eigenvalue weighted by Crippen LogP contribution is 2.32. The Morgan fingerprint density at radius 3 is 2.89 bits per heavy atom. The molecular weight excluding hydrogens is 484 g/mol. The molecule has 10 heteroatoms. The second-order valence-corrected chi connectivity index (χ2v) is 10.1. The van der Waals surface area contributed by atoms with Gasteiger partial charge in [-0.15, -0.1) is 15.9 Å². The summed E-state index contributed by atoms with van der Waals surface area (Å²) in [4.78, 5) is 33.8. The first kappa shape index (κ1) is 23.1. The Bertz CT molecular complexity index is 1590. The van der Waals surface area contributed by atoms with E-state index in [1.54, 1.807) is 13.0 Å². The van der Waals surface area contributed by atoms with Crippen molar-refractivity contribution in [2.75, 3.05) is 11.9 Å². The fraction of sp³-hybridized carbons (Fsp3) is 0.200. The summed E-state index contributed by atoms with van der Waals surface area (Å²) in [6.45, 7) is 3.76. The number of para-hydroxylation sites is 1. The van der Waals surface area contributed by atoms with Crippen LogP contribution in [0.5, 0.6) is 5.75 Å². The molecule has 0 atom stereocenters. The SMILES string of the molecule is CCc1ccccc1OCC(=O)Nc1ccc2nc(SCc3cc(=O)n4oc(C)cc4n3)sc2c1. The summed E-state index contributed by atoms with van der Waals surface area (Å²) in [5.74, 6) is 1.64. The van der Waals surface area contributed by atoms with Crippen molar-refractivity contribution in [3.63, 3.8) is 0 Å². The van der Waals surface area contributed by atoms with E-state index in [4.69, 9.17) is 9.26 Å². The molecule has 178 valence electrons. The van der Waals surface area contributed by atoms with E-state index in [-0.39, 0.29) is 18.1 Å². The third kappa shape index (κ3) is 5.23. The molecule has 0 saturated carbocycles. The number of hydrogen-bond acceptors (Lipinski definition) is 8. The number of aromatic nitrogens is 3. The molecule has 0 bridgehead atoms. The third-order valence-electron chi connectivity index (χ3n) is 5.23. The molecule has 1 N–H and O–H groups in total. The summed E-state index contributed by atoms with van der Waals surface area (Å²) in [7, 11) is 0. The van der Waals surface area contributed by atoms with E-state index >= 15 is 0 Å². The minimum Gasteiger partial charge on any atom is -0.483 e. The van der Waals surface area contributed by atoms with Gasteiger partial charge in [0.1, 0.15) is 11.5 Å². The second-order valence-electron chi connectivity index (χ2n) is 7.83. The summed E-state index contributed by atoms with van der Waals surface area (Å²) >= 11 is 3.04. The number of anilines is 1. The molecule has 3 aromatic heterocycles. The quantitative estimate of drug-likeness (QED) is 0.293. The number of amides is 1. The molecule has 8 nitrogen and oxygen atoms in total. The number of carbonyl (C=O) groups excluding carboxylic acids is 1. The Balaban J connectivity index is 1.23. The highest BCUT2D eigenvalue weighted by Gasteiger charge is 2.11. The van der Waals surface area contributed by atoms with E-state index < -0.39 is 0 Å². The van der Waals surface area contributed by atoms with E-state index in [2.05, 4.69) is 22.2 Å². The minimum absolute atomic E-state index is 0.0631. The summed E-state index contributed by atoms with van der Waals surface area (Å²) in [5, 5.41) is 2.89. The van der Waals surface area contributed by atoms with Crippen molar-refractivity contribution in [3.8, 4) is 5.75 Å². The molecule has 3 heterocycles. The Kier molecular flexibility index (Phi) is 6.56. The minimum atomic E-state index is -0.245. The zero-order chi connectivity index (χ0) is 24.4. The predicted octanol–water partition coefficient (Wildman–Crippen LogP) is 5.08. The van der Waals surface area contributed by atoms with Crippen LogP contribution in [0.4, 0.5) is 5.69 Å². The van der Waals surface area contributed by atoms with Gasteiger partial charge in [-0.25, -0.2) is 9.97 Å². The van der Waals surface area contributed by atoms with Crippen molar-refractivity contribution >= 4 is 50.6 Å². The van der Waals surface area contributed by atoms with Gasteiger partial charge >= 0.3 is 0 Å². The van der Waals surface area contributed by atoms with Crippen LogP contribution in [0.25, 0.3) is 15.9 Å².